The summed E-state index contributed by atoms with van der Waals surface area (Å²) in [6.07, 6.45) is 5.66. The molecule has 32 heavy (non-hydrogen) atoms. The van der Waals surface area contributed by atoms with Gasteiger partial charge in [-0.25, -0.2) is 4.99 Å². The zero-order valence-electron chi connectivity index (χ0n) is 18.0. The van der Waals surface area contributed by atoms with Gasteiger partial charge in [-0.1, -0.05) is 84.0 Å². The first-order chi connectivity index (χ1) is 15.5. The number of unbranched alkanes of at least 4 members (excludes halogenated alkanes) is 4. The molecule has 0 aliphatic carbocycles. The number of rotatable bonds is 9. The number of hydrogen-bond acceptors (Lipinski definition) is 4. The van der Waals surface area contributed by atoms with Crippen LogP contribution in [0.3, 0.4) is 0 Å². The molecular formula is C24H27BrClN3O2S. The van der Waals surface area contributed by atoms with Crippen molar-refractivity contribution < 1.29 is 9.59 Å². The van der Waals surface area contributed by atoms with Crippen LogP contribution in [-0.4, -0.2) is 33.7 Å². The van der Waals surface area contributed by atoms with E-state index in [2.05, 4.69) is 28.2 Å². The Hall–Kier alpha value is -1.83. The zero-order chi connectivity index (χ0) is 22.9. The minimum atomic E-state index is -0.546. The third-order valence-corrected chi connectivity index (χ3v) is 6.96. The molecule has 2 aromatic carbocycles. The summed E-state index contributed by atoms with van der Waals surface area (Å²) >= 11 is 10.9. The average Bonchev–Trinajstić information content (AvgIpc) is 2.75. The van der Waals surface area contributed by atoms with Gasteiger partial charge in [0.15, 0.2) is 5.17 Å². The molecule has 0 bridgehead atoms. The molecule has 8 heteroatoms. The van der Waals surface area contributed by atoms with E-state index in [1.54, 1.807) is 17.0 Å². The number of aliphatic imine (C=N–C) groups is 1. The lowest BCUT2D eigenvalue weighted by Gasteiger charge is -2.32. The number of halogens is 2. The number of carbonyl (C=O) groups is 2. The molecule has 5 nitrogen and oxygen atoms in total. The Labute approximate surface area is 207 Å². The highest BCUT2D eigenvalue weighted by Gasteiger charge is 2.35. The second-order valence-electron chi connectivity index (χ2n) is 7.64. The molecule has 3 rings (SSSR count). The third kappa shape index (κ3) is 7.36. The number of nitrogens with zero attached hydrogens (tertiary/aromatic N) is 2. The quantitative estimate of drug-likeness (QED) is 0.350. The molecule has 2 amide bonds. The fourth-order valence-corrected chi connectivity index (χ4v) is 5.09. The molecule has 1 N–H and O–H groups in total. The summed E-state index contributed by atoms with van der Waals surface area (Å²) < 4.78 is 0.875. The van der Waals surface area contributed by atoms with E-state index in [9.17, 15) is 9.59 Å². The third-order valence-electron chi connectivity index (χ3n) is 5.04. The van der Waals surface area contributed by atoms with Gasteiger partial charge < -0.3 is 5.32 Å². The molecule has 1 aliphatic rings. The molecule has 170 valence electrons. The van der Waals surface area contributed by atoms with Crippen LogP contribution >= 0.6 is 39.3 Å². The Morgan fingerprint density at radius 3 is 2.72 bits per heavy atom. The highest BCUT2D eigenvalue weighted by molar-refractivity contribution is 9.10. The monoisotopic (exact) mass is 535 g/mol. The predicted molar refractivity (Wildman–Crippen MR) is 138 cm³/mol. The van der Waals surface area contributed by atoms with Crippen LogP contribution in [0.4, 0.5) is 11.4 Å². The van der Waals surface area contributed by atoms with E-state index >= 15 is 0 Å². The minimum absolute atomic E-state index is 0.0746. The van der Waals surface area contributed by atoms with Crippen molar-refractivity contribution in [1.29, 1.82) is 0 Å². The van der Waals surface area contributed by atoms with E-state index in [0.717, 1.165) is 23.7 Å². The van der Waals surface area contributed by atoms with Gasteiger partial charge in [-0.15, -0.1) is 0 Å². The highest BCUT2D eigenvalue weighted by Crippen LogP contribution is 2.31. The fourth-order valence-electron chi connectivity index (χ4n) is 3.38. The number of amidine groups is 1. The van der Waals surface area contributed by atoms with E-state index in [1.807, 2.05) is 36.4 Å². The standard InChI is InChI=1S/C24H27BrClN3O2S/c1-2-3-4-5-6-13-29-22(30)16-21(23(31)27-19-11-7-9-17(25)14-19)32-24(29)28-20-12-8-10-18(26)15-20/h7-12,14-15,21H,2-6,13,16H2,1H3,(H,27,31). The number of amides is 2. The Bertz CT molecular complexity index is 985. The van der Waals surface area contributed by atoms with Gasteiger partial charge >= 0.3 is 0 Å². The van der Waals surface area contributed by atoms with Crippen molar-refractivity contribution in [2.45, 2.75) is 50.7 Å². The predicted octanol–water partition coefficient (Wildman–Crippen LogP) is 7.03. The molecule has 0 saturated carbocycles. The molecule has 1 atom stereocenters. The van der Waals surface area contributed by atoms with Crippen molar-refractivity contribution in [3.63, 3.8) is 0 Å². The number of nitrogens with one attached hydrogen (secondary N) is 1. The number of carbonyl (C=O) groups excluding carboxylic acids is 2. The van der Waals surface area contributed by atoms with E-state index in [0.29, 0.717) is 28.1 Å². The van der Waals surface area contributed by atoms with Crippen LogP contribution in [-0.2, 0) is 9.59 Å². The first kappa shape index (κ1) is 24.8. The summed E-state index contributed by atoms with van der Waals surface area (Å²) in [5, 5.41) is 3.49. The summed E-state index contributed by atoms with van der Waals surface area (Å²) in [7, 11) is 0. The molecule has 0 radical (unpaired) electrons. The van der Waals surface area contributed by atoms with Gasteiger partial charge in [-0.2, -0.15) is 0 Å². The molecule has 1 unspecified atom stereocenters. The molecule has 0 aromatic heterocycles. The van der Waals surface area contributed by atoms with Crippen molar-refractivity contribution in [2.24, 2.45) is 4.99 Å². The van der Waals surface area contributed by atoms with E-state index in [1.165, 1.54) is 24.6 Å². The molecule has 0 spiro atoms. The molecule has 1 saturated heterocycles. The van der Waals surface area contributed by atoms with Crippen LogP contribution in [0.1, 0.15) is 45.4 Å². The van der Waals surface area contributed by atoms with Crippen LogP contribution in [0.2, 0.25) is 5.02 Å². The van der Waals surface area contributed by atoms with E-state index in [-0.39, 0.29) is 18.2 Å². The van der Waals surface area contributed by atoms with Crippen LogP contribution in [0.25, 0.3) is 0 Å². The Kier molecular flexibility index (Phi) is 9.63. The van der Waals surface area contributed by atoms with Crippen molar-refractivity contribution in [3.05, 3.63) is 58.0 Å². The average molecular weight is 537 g/mol. The molecule has 2 aromatic rings. The second kappa shape index (κ2) is 12.4. The number of thioether (sulfide) groups is 1. The maximum atomic E-state index is 13.0. The van der Waals surface area contributed by atoms with Gasteiger partial charge in [0.1, 0.15) is 5.25 Å². The first-order valence-electron chi connectivity index (χ1n) is 10.8. The summed E-state index contributed by atoms with van der Waals surface area (Å²) in [4.78, 5) is 32.4. The minimum Gasteiger partial charge on any atom is -0.325 e. The van der Waals surface area contributed by atoms with Gasteiger partial charge in [0.2, 0.25) is 11.8 Å². The van der Waals surface area contributed by atoms with E-state index < -0.39 is 5.25 Å². The van der Waals surface area contributed by atoms with Gasteiger partial charge in [0, 0.05) is 28.1 Å². The summed E-state index contributed by atoms with van der Waals surface area (Å²) in [5.41, 5.74) is 1.35. The van der Waals surface area contributed by atoms with Crippen molar-refractivity contribution in [2.75, 3.05) is 11.9 Å². The van der Waals surface area contributed by atoms with Crippen LogP contribution in [0, 0.1) is 0 Å². The number of hydrogen-bond donors (Lipinski definition) is 1. The highest BCUT2D eigenvalue weighted by atomic mass is 79.9. The van der Waals surface area contributed by atoms with Crippen molar-refractivity contribution in [1.82, 2.24) is 4.90 Å². The first-order valence-corrected chi connectivity index (χ1v) is 12.9. The van der Waals surface area contributed by atoms with Crippen LogP contribution < -0.4 is 5.32 Å². The lowest BCUT2D eigenvalue weighted by Crippen LogP contribution is -2.45. The zero-order valence-corrected chi connectivity index (χ0v) is 21.2. The van der Waals surface area contributed by atoms with Gasteiger partial charge in [-0.3, -0.25) is 14.5 Å². The topological polar surface area (TPSA) is 61.8 Å². The van der Waals surface area contributed by atoms with Crippen LogP contribution in [0.15, 0.2) is 58.0 Å². The SMILES string of the molecule is CCCCCCCN1C(=O)CC(C(=O)Nc2cccc(Br)c2)SC1=Nc1cccc(Cl)c1. The summed E-state index contributed by atoms with van der Waals surface area (Å²) in [6, 6.07) is 14.6. The van der Waals surface area contributed by atoms with E-state index in [4.69, 9.17) is 16.6 Å². The lowest BCUT2D eigenvalue weighted by molar-refractivity contribution is -0.129. The smallest absolute Gasteiger partial charge is 0.238 e. The van der Waals surface area contributed by atoms with Crippen molar-refractivity contribution in [3.8, 4) is 0 Å². The lowest BCUT2D eigenvalue weighted by atomic mass is 10.1. The van der Waals surface area contributed by atoms with Gasteiger partial charge in [-0.05, 0) is 42.8 Å². The Morgan fingerprint density at radius 2 is 1.97 bits per heavy atom. The molecular weight excluding hydrogens is 510 g/mol. The van der Waals surface area contributed by atoms with Gasteiger partial charge in [0.25, 0.3) is 0 Å². The molecule has 1 heterocycles. The maximum Gasteiger partial charge on any atom is 0.238 e. The molecule has 1 fully saturated rings. The normalized spacial score (nSPS) is 17.6. The Balaban J connectivity index is 1.76. The fraction of sp³-hybridized carbons (Fsp3) is 0.375. The maximum absolute atomic E-state index is 13.0. The molecule has 1 aliphatic heterocycles. The second-order valence-corrected chi connectivity index (χ2v) is 10.2. The summed E-state index contributed by atoms with van der Waals surface area (Å²) in [5.74, 6) is -0.280. The number of anilines is 1. The number of benzene rings is 2. The largest absolute Gasteiger partial charge is 0.325 e. The van der Waals surface area contributed by atoms with Crippen LogP contribution in [0.5, 0.6) is 0 Å². The Morgan fingerprint density at radius 1 is 1.19 bits per heavy atom. The van der Waals surface area contributed by atoms with Crippen molar-refractivity contribution >= 4 is 67.6 Å². The summed E-state index contributed by atoms with van der Waals surface area (Å²) in [6.45, 7) is 2.79. The van der Waals surface area contributed by atoms with Gasteiger partial charge in [0.05, 0.1) is 5.69 Å².